The SMILES string of the molecule is FC(F)F.c1ccc(Pc2ccccc2)cc1. The van der Waals surface area contributed by atoms with Crippen LogP contribution in [0.15, 0.2) is 60.7 Å². The molecule has 0 aromatic heterocycles. The molecule has 2 aromatic carbocycles. The van der Waals surface area contributed by atoms with E-state index in [0.717, 1.165) is 8.58 Å². The number of alkyl halides is 3. The molecule has 0 aliphatic carbocycles. The molecule has 0 spiro atoms. The summed E-state index contributed by atoms with van der Waals surface area (Å²) < 4.78 is 29.0. The summed E-state index contributed by atoms with van der Waals surface area (Å²) in [5.74, 6) is 0. The minimum Gasteiger partial charge on any atom is -0.174 e. The van der Waals surface area contributed by atoms with Gasteiger partial charge in [-0.3, -0.25) is 0 Å². The Morgan fingerprint density at radius 1 is 0.647 bits per heavy atom. The van der Waals surface area contributed by atoms with Crippen molar-refractivity contribution in [2.24, 2.45) is 0 Å². The molecule has 0 radical (unpaired) electrons. The van der Waals surface area contributed by atoms with Crippen molar-refractivity contribution in [3.8, 4) is 0 Å². The number of hydrogen-bond donors (Lipinski definition) is 0. The second-order valence-electron chi connectivity index (χ2n) is 3.10. The van der Waals surface area contributed by atoms with Gasteiger partial charge >= 0.3 is 6.68 Å². The van der Waals surface area contributed by atoms with Gasteiger partial charge < -0.3 is 0 Å². The zero-order valence-electron chi connectivity index (χ0n) is 8.98. The predicted molar refractivity (Wildman–Crippen MR) is 67.6 cm³/mol. The van der Waals surface area contributed by atoms with Gasteiger partial charge in [-0.25, -0.2) is 0 Å². The Kier molecular flexibility index (Phi) is 6.34. The first kappa shape index (κ1) is 13.7. The first-order chi connectivity index (χ1) is 8.18. The van der Waals surface area contributed by atoms with E-state index in [9.17, 15) is 13.2 Å². The van der Waals surface area contributed by atoms with Crippen molar-refractivity contribution in [3.05, 3.63) is 60.7 Å². The highest BCUT2D eigenvalue weighted by molar-refractivity contribution is 7.55. The number of rotatable bonds is 2. The first-order valence-corrected chi connectivity index (χ1v) is 5.98. The minimum atomic E-state index is -3.67. The number of benzene rings is 2. The Labute approximate surface area is 100 Å². The van der Waals surface area contributed by atoms with E-state index in [2.05, 4.69) is 60.7 Å². The largest absolute Gasteiger partial charge is 0.379 e. The average molecular weight is 256 g/mol. The zero-order chi connectivity index (χ0) is 12.5. The van der Waals surface area contributed by atoms with Crippen LogP contribution in [0.1, 0.15) is 0 Å². The first-order valence-electron chi connectivity index (χ1n) is 4.98. The molecule has 90 valence electrons. The molecular formula is C13H12F3P. The minimum absolute atomic E-state index is 0.777. The van der Waals surface area contributed by atoms with Crippen molar-refractivity contribution in [2.45, 2.75) is 6.68 Å². The molecule has 0 saturated heterocycles. The number of halogens is 3. The third-order valence-electron chi connectivity index (χ3n) is 1.84. The summed E-state index contributed by atoms with van der Waals surface area (Å²) in [6.45, 7) is -3.67. The molecule has 0 aliphatic rings. The van der Waals surface area contributed by atoms with E-state index >= 15 is 0 Å². The lowest BCUT2D eigenvalue weighted by Gasteiger charge is -2.00. The number of hydrogen-bond acceptors (Lipinski definition) is 0. The third kappa shape index (κ3) is 6.75. The highest BCUT2D eigenvalue weighted by Crippen LogP contribution is 2.08. The fourth-order valence-corrected chi connectivity index (χ4v) is 2.26. The maximum atomic E-state index is 9.67. The molecule has 2 rings (SSSR count). The molecule has 2 aromatic rings. The predicted octanol–water partition coefficient (Wildman–Crippen LogP) is 3.49. The van der Waals surface area contributed by atoms with E-state index in [-0.39, 0.29) is 0 Å². The highest BCUT2D eigenvalue weighted by atomic mass is 31.1. The molecule has 0 heterocycles. The summed E-state index contributed by atoms with van der Waals surface area (Å²) in [6, 6.07) is 21.2. The van der Waals surface area contributed by atoms with Crippen molar-refractivity contribution < 1.29 is 13.2 Å². The summed E-state index contributed by atoms with van der Waals surface area (Å²) in [5, 5.41) is 2.79. The molecule has 0 unspecified atom stereocenters. The lowest BCUT2D eigenvalue weighted by Crippen LogP contribution is -2.01. The van der Waals surface area contributed by atoms with Crippen molar-refractivity contribution in [1.82, 2.24) is 0 Å². The van der Waals surface area contributed by atoms with Gasteiger partial charge in [0.15, 0.2) is 0 Å². The van der Waals surface area contributed by atoms with Gasteiger partial charge in [0.05, 0.1) is 0 Å². The van der Waals surface area contributed by atoms with Crippen molar-refractivity contribution in [3.63, 3.8) is 0 Å². The molecule has 0 nitrogen and oxygen atoms in total. The Morgan fingerprint density at radius 3 is 1.24 bits per heavy atom. The molecule has 0 N–H and O–H groups in total. The standard InChI is InChI=1S/C12H11P.CHF3/c1-3-7-11(8-4-1)13-12-9-5-2-6-10-12;2-1(3)4/h1-10,13H;1H. The monoisotopic (exact) mass is 256 g/mol. The zero-order valence-corrected chi connectivity index (χ0v) is 9.98. The Hall–Kier alpha value is -1.34. The molecule has 0 fully saturated rings. The molecule has 0 amide bonds. The van der Waals surface area contributed by atoms with E-state index in [1.165, 1.54) is 10.6 Å². The Bertz CT molecular complexity index is 363. The summed E-state index contributed by atoms with van der Waals surface area (Å²) in [7, 11) is 0.777. The van der Waals surface area contributed by atoms with Gasteiger partial charge in [0.2, 0.25) is 0 Å². The second-order valence-corrected chi connectivity index (χ2v) is 4.51. The summed E-state index contributed by atoms with van der Waals surface area (Å²) in [6.07, 6.45) is 0. The van der Waals surface area contributed by atoms with Gasteiger partial charge in [-0.2, -0.15) is 13.2 Å². The van der Waals surface area contributed by atoms with Gasteiger partial charge in [-0.1, -0.05) is 69.2 Å². The van der Waals surface area contributed by atoms with Crippen LogP contribution < -0.4 is 10.6 Å². The van der Waals surface area contributed by atoms with Gasteiger partial charge in [0.25, 0.3) is 0 Å². The molecule has 4 heteroatoms. The average Bonchev–Trinajstić information content (AvgIpc) is 2.31. The van der Waals surface area contributed by atoms with E-state index in [0.29, 0.717) is 0 Å². The van der Waals surface area contributed by atoms with Crippen molar-refractivity contribution in [1.29, 1.82) is 0 Å². The smallest absolute Gasteiger partial charge is 0.174 e. The van der Waals surface area contributed by atoms with E-state index in [1.54, 1.807) is 0 Å². The van der Waals surface area contributed by atoms with E-state index < -0.39 is 6.68 Å². The van der Waals surface area contributed by atoms with E-state index in [4.69, 9.17) is 0 Å². The molecular weight excluding hydrogens is 244 g/mol. The molecule has 0 aliphatic heterocycles. The van der Waals surface area contributed by atoms with Crippen LogP contribution in [0.5, 0.6) is 0 Å². The van der Waals surface area contributed by atoms with Gasteiger partial charge in [-0.05, 0) is 10.6 Å². The summed E-state index contributed by atoms with van der Waals surface area (Å²) >= 11 is 0. The van der Waals surface area contributed by atoms with Crippen molar-refractivity contribution in [2.75, 3.05) is 0 Å². The van der Waals surface area contributed by atoms with Gasteiger partial charge in [0.1, 0.15) is 0 Å². The normalized spacial score (nSPS) is 9.65. The van der Waals surface area contributed by atoms with Crippen LogP contribution in [0.4, 0.5) is 13.2 Å². The maximum absolute atomic E-state index is 9.67. The third-order valence-corrected chi connectivity index (χ3v) is 3.08. The van der Waals surface area contributed by atoms with Gasteiger partial charge in [0, 0.05) is 0 Å². The summed E-state index contributed by atoms with van der Waals surface area (Å²) in [5.41, 5.74) is 0. The van der Waals surface area contributed by atoms with Crippen molar-refractivity contribution >= 4 is 19.2 Å². The van der Waals surface area contributed by atoms with Gasteiger partial charge in [-0.15, -0.1) is 0 Å². The molecule has 0 atom stereocenters. The van der Waals surface area contributed by atoms with Crippen LogP contribution in [0, 0.1) is 0 Å². The topological polar surface area (TPSA) is 0 Å². The van der Waals surface area contributed by atoms with E-state index in [1.807, 2.05) is 0 Å². The molecule has 0 saturated carbocycles. The summed E-state index contributed by atoms with van der Waals surface area (Å²) in [4.78, 5) is 0. The fraction of sp³-hybridized carbons (Fsp3) is 0.0769. The van der Waals surface area contributed by atoms with Crippen LogP contribution in [0.25, 0.3) is 0 Å². The highest BCUT2D eigenvalue weighted by Gasteiger charge is 1.92. The fourth-order valence-electron chi connectivity index (χ4n) is 1.21. The molecule has 0 bridgehead atoms. The lowest BCUT2D eigenvalue weighted by molar-refractivity contribution is 0.00819. The van der Waals surface area contributed by atoms with Crippen LogP contribution >= 0.6 is 8.58 Å². The van der Waals surface area contributed by atoms with Crippen LogP contribution in [-0.2, 0) is 0 Å². The maximum Gasteiger partial charge on any atom is 0.379 e. The second kappa shape index (κ2) is 7.86. The lowest BCUT2D eigenvalue weighted by atomic mass is 10.4. The Balaban J connectivity index is 0.000000317. The van der Waals surface area contributed by atoms with Crippen LogP contribution in [0.2, 0.25) is 0 Å². The Morgan fingerprint density at radius 2 is 0.941 bits per heavy atom. The molecule has 17 heavy (non-hydrogen) atoms. The quantitative estimate of drug-likeness (QED) is 0.721. The van der Waals surface area contributed by atoms with Crippen LogP contribution in [-0.4, -0.2) is 6.68 Å². The van der Waals surface area contributed by atoms with Crippen LogP contribution in [0.3, 0.4) is 0 Å².